The molecule has 8 nitrogen and oxygen atoms in total. The molecule has 206 valence electrons. The fourth-order valence-electron chi connectivity index (χ4n) is 5.94. The smallest absolute Gasteiger partial charge is 0.304 e. The molecule has 3 heterocycles. The van der Waals surface area contributed by atoms with Crippen molar-refractivity contribution in [3.63, 3.8) is 0 Å². The van der Waals surface area contributed by atoms with Crippen LogP contribution in [0, 0.1) is 0 Å². The SMILES string of the molecule is CC(=O)O[C@@H]1CCN([C@@H]2O[C@H](CO[Si](c3ccccc3)(c3ccccc3)C(C)(C)C)[C@H]3OC(C)(C)O[C@H]32)O1. The summed E-state index contributed by atoms with van der Waals surface area (Å²) in [5, 5.41) is 3.98. The number of hydrogen-bond acceptors (Lipinski definition) is 8. The average Bonchev–Trinajstić information content (AvgIpc) is 3.53. The van der Waals surface area contributed by atoms with E-state index in [9.17, 15) is 4.79 Å². The maximum absolute atomic E-state index is 11.4. The Hall–Kier alpha value is -2.11. The summed E-state index contributed by atoms with van der Waals surface area (Å²) in [6.07, 6.45) is -1.64. The molecule has 0 bridgehead atoms. The molecule has 0 aromatic heterocycles. The van der Waals surface area contributed by atoms with Gasteiger partial charge < -0.3 is 23.4 Å². The van der Waals surface area contributed by atoms with Gasteiger partial charge in [0.1, 0.15) is 18.3 Å². The zero-order valence-corrected chi connectivity index (χ0v) is 24.1. The Morgan fingerprint density at radius 2 is 1.58 bits per heavy atom. The second-order valence-corrected chi connectivity index (χ2v) is 16.0. The first-order chi connectivity index (χ1) is 18.0. The average molecular weight is 542 g/mol. The van der Waals surface area contributed by atoms with Crippen molar-refractivity contribution >= 4 is 24.7 Å². The van der Waals surface area contributed by atoms with Crippen molar-refractivity contribution in [3.8, 4) is 0 Å². The fourth-order valence-corrected chi connectivity index (χ4v) is 10.5. The largest absolute Gasteiger partial charge is 0.434 e. The lowest BCUT2D eigenvalue weighted by Crippen LogP contribution is -2.67. The van der Waals surface area contributed by atoms with E-state index in [1.165, 1.54) is 17.3 Å². The lowest BCUT2D eigenvalue weighted by Gasteiger charge is -2.43. The monoisotopic (exact) mass is 541 g/mol. The van der Waals surface area contributed by atoms with Gasteiger partial charge >= 0.3 is 5.97 Å². The minimum atomic E-state index is -2.76. The molecule has 0 amide bonds. The van der Waals surface area contributed by atoms with E-state index in [1.54, 1.807) is 5.06 Å². The van der Waals surface area contributed by atoms with Gasteiger partial charge in [0.25, 0.3) is 8.32 Å². The zero-order chi connectivity index (χ0) is 27.1. The Labute approximate surface area is 226 Å². The molecule has 3 aliphatic heterocycles. The first kappa shape index (κ1) is 27.5. The van der Waals surface area contributed by atoms with Crippen molar-refractivity contribution < 1.29 is 33.0 Å². The van der Waals surface area contributed by atoms with Gasteiger partial charge in [0, 0.05) is 19.9 Å². The van der Waals surface area contributed by atoms with Crippen LogP contribution in [-0.2, 0) is 33.0 Å². The maximum atomic E-state index is 11.4. The van der Waals surface area contributed by atoms with Gasteiger partial charge in [0.05, 0.1) is 6.61 Å². The summed E-state index contributed by atoms with van der Waals surface area (Å²) in [4.78, 5) is 17.3. The molecular formula is C29H39NO7Si. The molecule has 5 rings (SSSR count). The lowest BCUT2D eigenvalue weighted by molar-refractivity contribution is -0.301. The number of hydroxylamine groups is 2. The Bertz CT molecular complexity index is 1070. The van der Waals surface area contributed by atoms with Crippen LogP contribution in [0.15, 0.2) is 60.7 Å². The first-order valence-corrected chi connectivity index (χ1v) is 15.3. The van der Waals surface area contributed by atoms with Crippen LogP contribution >= 0.6 is 0 Å². The summed E-state index contributed by atoms with van der Waals surface area (Å²) in [7, 11) is -2.76. The van der Waals surface area contributed by atoms with Gasteiger partial charge in [-0.15, -0.1) is 0 Å². The number of hydrogen-bond donors (Lipinski definition) is 0. The normalized spacial score (nSPS) is 29.4. The topological polar surface area (TPSA) is 75.7 Å². The molecular weight excluding hydrogens is 502 g/mol. The summed E-state index contributed by atoms with van der Waals surface area (Å²) in [6.45, 7) is 12.9. The van der Waals surface area contributed by atoms with Gasteiger partial charge in [-0.3, -0.25) is 9.63 Å². The predicted molar refractivity (Wildman–Crippen MR) is 144 cm³/mol. The Morgan fingerprint density at radius 1 is 1.00 bits per heavy atom. The van der Waals surface area contributed by atoms with Crippen molar-refractivity contribution in [2.45, 2.75) is 89.6 Å². The molecule has 5 atom stereocenters. The second-order valence-electron chi connectivity index (χ2n) is 11.7. The molecule has 0 saturated carbocycles. The second kappa shape index (κ2) is 10.5. The van der Waals surface area contributed by atoms with Crippen molar-refractivity contribution in [1.29, 1.82) is 0 Å². The van der Waals surface area contributed by atoms with Crippen LogP contribution in [0.3, 0.4) is 0 Å². The number of carbonyl (C=O) groups is 1. The van der Waals surface area contributed by atoms with Crippen LogP contribution in [0.5, 0.6) is 0 Å². The molecule has 3 fully saturated rings. The third-order valence-corrected chi connectivity index (χ3v) is 12.4. The highest BCUT2D eigenvalue weighted by atomic mass is 28.4. The maximum Gasteiger partial charge on any atom is 0.304 e. The summed E-state index contributed by atoms with van der Waals surface area (Å²) in [6, 6.07) is 21.1. The molecule has 38 heavy (non-hydrogen) atoms. The predicted octanol–water partition coefficient (Wildman–Crippen LogP) is 3.33. The third-order valence-electron chi connectivity index (χ3n) is 7.43. The third kappa shape index (κ3) is 5.21. The van der Waals surface area contributed by atoms with E-state index in [0.29, 0.717) is 19.6 Å². The van der Waals surface area contributed by atoms with Gasteiger partial charge in [-0.1, -0.05) is 81.4 Å². The van der Waals surface area contributed by atoms with Crippen molar-refractivity contribution in [2.24, 2.45) is 0 Å². The van der Waals surface area contributed by atoms with E-state index in [1.807, 2.05) is 26.0 Å². The highest BCUT2D eigenvalue weighted by molar-refractivity contribution is 6.99. The number of nitrogens with zero attached hydrogens (tertiary/aromatic N) is 1. The standard InChI is InChI=1S/C29H39NO7Si/c1-20(31)33-24-17-18-30(37-24)27-26-25(35-29(5,6)36-26)23(34-27)19-32-38(28(2,3)4,21-13-9-7-10-14-21)22-15-11-8-12-16-22/h7-16,23-27H,17-19H2,1-6H3/t23-,24+,25-,26-,27-/m1/s1. The lowest BCUT2D eigenvalue weighted by atomic mass is 10.1. The molecule has 9 heteroatoms. The Balaban J connectivity index is 1.43. The van der Waals surface area contributed by atoms with Crippen molar-refractivity contribution in [2.75, 3.05) is 13.2 Å². The van der Waals surface area contributed by atoms with E-state index in [0.717, 1.165) is 0 Å². The molecule has 0 radical (unpaired) electrons. The van der Waals surface area contributed by atoms with Gasteiger partial charge in [-0.25, -0.2) is 0 Å². The van der Waals surface area contributed by atoms with E-state index < -0.39 is 26.6 Å². The van der Waals surface area contributed by atoms with E-state index >= 15 is 0 Å². The number of carbonyl (C=O) groups excluding carboxylic acids is 1. The number of ether oxygens (including phenoxy) is 4. The Morgan fingerprint density at radius 3 is 2.13 bits per heavy atom. The van der Waals surface area contributed by atoms with Crippen LogP contribution in [0.2, 0.25) is 5.04 Å². The summed E-state index contributed by atoms with van der Waals surface area (Å²) < 4.78 is 31.6. The molecule has 2 aromatic carbocycles. The van der Waals surface area contributed by atoms with Crippen LogP contribution in [0.25, 0.3) is 0 Å². The molecule has 0 aliphatic carbocycles. The minimum absolute atomic E-state index is 0.158. The highest BCUT2D eigenvalue weighted by Crippen LogP contribution is 2.42. The fraction of sp³-hybridized carbons (Fsp3) is 0.552. The van der Waals surface area contributed by atoms with Crippen LogP contribution in [-0.4, -0.2) is 69.1 Å². The van der Waals surface area contributed by atoms with E-state index in [4.69, 9.17) is 28.2 Å². The van der Waals surface area contributed by atoms with Gasteiger partial charge in [-0.2, -0.15) is 5.06 Å². The highest BCUT2D eigenvalue weighted by Gasteiger charge is 2.59. The summed E-state index contributed by atoms with van der Waals surface area (Å²) in [5.74, 6) is -1.14. The van der Waals surface area contributed by atoms with Crippen molar-refractivity contribution in [3.05, 3.63) is 60.7 Å². The van der Waals surface area contributed by atoms with Crippen LogP contribution in [0.4, 0.5) is 0 Å². The number of fused-ring (bicyclic) bond motifs is 1. The molecule has 0 N–H and O–H groups in total. The first-order valence-electron chi connectivity index (χ1n) is 13.4. The molecule has 2 aromatic rings. The van der Waals surface area contributed by atoms with Crippen LogP contribution < -0.4 is 10.4 Å². The minimum Gasteiger partial charge on any atom is -0.434 e. The van der Waals surface area contributed by atoms with Crippen LogP contribution in [0.1, 0.15) is 48.0 Å². The number of rotatable bonds is 7. The van der Waals surface area contributed by atoms with Gasteiger partial charge in [-0.05, 0) is 29.3 Å². The number of esters is 1. The Kier molecular flexibility index (Phi) is 7.56. The molecule has 3 aliphatic rings. The van der Waals surface area contributed by atoms with Gasteiger partial charge in [0.15, 0.2) is 12.0 Å². The molecule has 0 spiro atoms. The molecule has 0 unspecified atom stereocenters. The van der Waals surface area contributed by atoms with E-state index in [-0.39, 0.29) is 29.3 Å². The summed E-state index contributed by atoms with van der Waals surface area (Å²) >= 11 is 0. The van der Waals surface area contributed by atoms with Gasteiger partial charge in [0.2, 0.25) is 6.29 Å². The van der Waals surface area contributed by atoms with E-state index in [2.05, 4.69) is 69.3 Å². The summed E-state index contributed by atoms with van der Waals surface area (Å²) in [5.41, 5.74) is 0. The number of benzene rings is 2. The zero-order valence-electron chi connectivity index (χ0n) is 23.1. The molecule has 3 saturated heterocycles. The van der Waals surface area contributed by atoms with Crippen molar-refractivity contribution in [1.82, 2.24) is 5.06 Å². The quantitative estimate of drug-likeness (QED) is 0.390.